The predicted octanol–water partition coefficient (Wildman–Crippen LogP) is 2.66. The largest absolute Gasteiger partial charge is 0.491 e. The number of piperidine rings is 1. The average Bonchev–Trinajstić information content (AvgIpc) is 2.39. The molecular weight excluding hydrogens is 236 g/mol. The fraction of sp³-hybridized carbons (Fsp3) is 0.625. The summed E-state index contributed by atoms with van der Waals surface area (Å²) in [5.41, 5.74) is 1.26. The van der Waals surface area contributed by atoms with Crippen molar-refractivity contribution in [2.24, 2.45) is 0 Å². The van der Waals surface area contributed by atoms with Crippen molar-refractivity contribution in [3.05, 3.63) is 29.8 Å². The van der Waals surface area contributed by atoms with E-state index in [9.17, 15) is 0 Å². The standard InChI is InChI=1S/C16H26N2O/c1-13(2)19-16-7-5-4-6-14(16)12-17-15-8-10-18(3)11-9-15/h4-7,13,15,17H,8-12H2,1-3H3. The third-order valence-electron chi connectivity index (χ3n) is 3.64. The van der Waals surface area contributed by atoms with Crippen LogP contribution in [0, 0.1) is 0 Å². The first kappa shape index (κ1) is 14.4. The molecule has 0 aliphatic carbocycles. The highest BCUT2D eigenvalue weighted by Gasteiger charge is 2.16. The van der Waals surface area contributed by atoms with Gasteiger partial charge in [0.1, 0.15) is 5.75 Å². The van der Waals surface area contributed by atoms with Gasteiger partial charge in [-0.25, -0.2) is 0 Å². The summed E-state index contributed by atoms with van der Waals surface area (Å²) in [4.78, 5) is 2.40. The maximum Gasteiger partial charge on any atom is 0.124 e. The van der Waals surface area contributed by atoms with Crippen LogP contribution in [-0.4, -0.2) is 37.2 Å². The van der Waals surface area contributed by atoms with Gasteiger partial charge in [-0.2, -0.15) is 0 Å². The van der Waals surface area contributed by atoms with Crippen LogP contribution in [-0.2, 0) is 6.54 Å². The molecule has 1 fully saturated rings. The summed E-state index contributed by atoms with van der Waals surface area (Å²) in [7, 11) is 2.20. The van der Waals surface area contributed by atoms with E-state index in [0.29, 0.717) is 6.04 Å². The van der Waals surface area contributed by atoms with E-state index in [0.717, 1.165) is 12.3 Å². The number of benzene rings is 1. The Labute approximate surface area is 116 Å². The molecule has 1 aromatic carbocycles. The van der Waals surface area contributed by atoms with Crippen LogP contribution in [0.1, 0.15) is 32.3 Å². The van der Waals surface area contributed by atoms with Crippen LogP contribution in [0.25, 0.3) is 0 Å². The maximum atomic E-state index is 5.85. The van der Waals surface area contributed by atoms with Crippen LogP contribution < -0.4 is 10.1 Å². The third kappa shape index (κ3) is 4.51. The van der Waals surface area contributed by atoms with Crippen LogP contribution in [0.2, 0.25) is 0 Å². The Bertz CT molecular complexity index is 384. The Morgan fingerprint density at radius 3 is 2.63 bits per heavy atom. The molecule has 2 rings (SSSR count). The number of rotatable bonds is 5. The number of nitrogens with one attached hydrogen (secondary N) is 1. The van der Waals surface area contributed by atoms with Crippen LogP contribution in [0.5, 0.6) is 5.75 Å². The van der Waals surface area contributed by atoms with Gasteiger partial charge in [-0.3, -0.25) is 0 Å². The van der Waals surface area contributed by atoms with Gasteiger partial charge in [-0.05, 0) is 52.9 Å². The molecule has 0 radical (unpaired) electrons. The average molecular weight is 262 g/mol. The summed E-state index contributed by atoms with van der Waals surface area (Å²) in [6.45, 7) is 7.43. The van der Waals surface area contributed by atoms with Crippen molar-refractivity contribution in [1.82, 2.24) is 10.2 Å². The van der Waals surface area contributed by atoms with E-state index in [1.165, 1.54) is 31.5 Å². The van der Waals surface area contributed by atoms with Crippen LogP contribution in [0.3, 0.4) is 0 Å². The molecule has 1 aliphatic rings. The molecule has 0 atom stereocenters. The molecule has 3 heteroatoms. The van der Waals surface area contributed by atoms with Gasteiger partial charge in [0.25, 0.3) is 0 Å². The molecule has 0 spiro atoms. The van der Waals surface area contributed by atoms with Crippen molar-refractivity contribution < 1.29 is 4.74 Å². The lowest BCUT2D eigenvalue weighted by Gasteiger charge is -2.29. The van der Waals surface area contributed by atoms with Gasteiger partial charge in [-0.15, -0.1) is 0 Å². The summed E-state index contributed by atoms with van der Waals surface area (Å²) in [5.74, 6) is 1.01. The molecule has 0 unspecified atom stereocenters. The van der Waals surface area contributed by atoms with E-state index in [-0.39, 0.29) is 6.10 Å². The van der Waals surface area contributed by atoms with Crippen LogP contribution in [0.4, 0.5) is 0 Å². The minimum Gasteiger partial charge on any atom is -0.491 e. The number of para-hydroxylation sites is 1. The minimum absolute atomic E-state index is 0.226. The van der Waals surface area contributed by atoms with E-state index in [1.807, 2.05) is 6.07 Å². The first-order chi connectivity index (χ1) is 9.15. The van der Waals surface area contributed by atoms with Crippen molar-refractivity contribution >= 4 is 0 Å². The normalized spacial score (nSPS) is 17.9. The lowest BCUT2D eigenvalue weighted by molar-refractivity contribution is 0.228. The highest BCUT2D eigenvalue weighted by molar-refractivity contribution is 5.33. The second-order valence-corrected chi connectivity index (χ2v) is 5.73. The Morgan fingerprint density at radius 1 is 1.26 bits per heavy atom. The molecule has 1 heterocycles. The highest BCUT2D eigenvalue weighted by Crippen LogP contribution is 2.20. The fourth-order valence-electron chi connectivity index (χ4n) is 2.49. The zero-order chi connectivity index (χ0) is 13.7. The monoisotopic (exact) mass is 262 g/mol. The number of ether oxygens (including phenoxy) is 1. The second-order valence-electron chi connectivity index (χ2n) is 5.73. The summed E-state index contributed by atoms with van der Waals surface area (Å²) < 4.78 is 5.85. The summed E-state index contributed by atoms with van der Waals surface area (Å²) >= 11 is 0. The Hall–Kier alpha value is -1.06. The smallest absolute Gasteiger partial charge is 0.124 e. The van der Waals surface area contributed by atoms with Crippen LogP contribution in [0.15, 0.2) is 24.3 Å². The molecule has 1 saturated heterocycles. The SMILES string of the molecule is CC(C)Oc1ccccc1CNC1CCN(C)CC1. The Balaban J connectivity index is 1.88. The van der Waals surface area contributed by atoms with E-state index in [2.05, 4.69) is 49.3 Å². The quantitative estimate of drug-likeness (QED) is 0.883. The minimum atomic E-state index is 0.226. The zero-order valence-corrected chi connectivity index (χ0v) is 12.4. The van der Waals surface area contributed by atoms with Gasteiger partial charge in [0.15, 0.2) is 0 Å². The first-order valence-electron chi connectivity index (χ1n) is 7.31. The van der Waals surface area contributed by atoms with Gasteiger partial charge < -0.3 is 15.0 Å². The van der Waals surface area contributed by atoms with Crippen molar-refractivity contribution in [2.75, 3.05) is 20.1 Å². The molecule has 106 valence electrons. The van der Waals surface area contributed by atoms with E-state index in [1.54, 1.807) is 0 Å². The number of hydrogen-bond donors (Lipinski definition) is 1. The second kappa shape index (κ2) is 6.92. The predicted molar refractivity (Wildman–Crippen MR) is 79.6 cm³/mol. The molecule has 19 heavy (non-hydrogen) atoms. The number of nitrogens with zero attached hydrogens (tertiary/aromatic N) is 1. The molecule has 0 aromatic heterocycles. The molecule has 0 saturated carbocycles. The van der Waals surface area contributed by atoms with Crippen LogP contribution >= 0.6 is 0 Å². The number of hydrogen-bond acceptors (Lipinski definition) is 3. The number of likely N-dealkylation sites (tertiary alicyclic amines) is 1. The first-order valence-corrected chi connectivity index (χ1v) is 7.31. The van der Waals surface area contributed by atoms with E-state index >= 15 is 0 Å². The molecule has 1 aromatic rings. The van der Waals surface area contributed by atoms with E-state index in [4.69, 9.17) is 4.74 Å². The summed E-state index contributed by atoms with van der Waals surface area (Å²) in [6, 6.07) is 8.98. The third-order valence-corrected chi connectivity index (χ3v) is 3.64. The molecule has 1 aliphatic heterocycles. The molecule has 0 amide bonds. The van der Waals surface area contributed by atoms with Crippen molar-refractivity contribution in [2.45, 2.75) is 45.4 Å². The van der Waals surface area contributed by atoms with Gasteiger partial charge >= 0.3 is 0 Å². The lowest BCUT2D eigenvalue weighted by Crippen LogP contribution is -2.40. The lowest BCUT2D eigenvalue weighted by atomic mass is 10.0. The highest BCUT2D eigenvalue weighted by atomic mass is 16.5. The van der Waals surface area contributed by atoms with Crippen molar-refractivity contribution in [3.8, 4) is 5.75 Å². The van der Waals surface area contributed by atoms with E-state index < -0.39 is 0 Å². The van der Waals surface area contributed by atoms with Gasteiger partial charge in [0, 0.05) is 18.2 Å². The molecule has 1 N–H and O–H groups in total. The van der Waals surface area contributed by atoms with Crippen molar-refractivity contribution in [1.29, 1.82) is 0 Å². The zero-order valence-electron chi connectivity index (χ0n) is 12.4. The summed E-state index contributed by atoms with van der Waals surface area (Å²) in [6.07, 6.45) is 2.71. The Kier molecular flexibility index (Phi) is 5.23. The Morgan fingerprint density at radius 2 is 1.95 bits per heavy atom. The molecular formula is C16H26N2O. The molecule has 0 bridgehead atoms. The van der Waals surface area contributed by atoms with Crippen molar-refractivity contribution in [3.63, 3.8) is 0 Å². The van der Waals surface area contributed by atoms with Gasteiger partial charge in [-0.1, -0.05) is 18.2 Å². The van der Waals surface area contributed by atoms with Gasteiger partial charge in [0.05, 0.1) is 6.10 Å². The molecule has 3 nitrogen and oxygen atoms in total. The fourth-order valence-corrected chi connectivity index (χ4v) is 2.49. The topological polar surface area (TPSA) is 24.5 Å². The van der Waals surface area contributed by atoms with Gasteiger partial charge in [0.2, 0.25) is 0 Å². The summed E-state index contributed by atoms with van der Waals surface area (Å²) in [5, 5.41) is 3.67. The maximum absolute atomic E-state index is 5.85.